The van der Waals surface area contributed by atoms with E-state index in [1.54, 1.807) is 12.4 Å². The van der Waals surface area contributed by atoms with Crippen molar-refractivity contribution in [2.45, 2.75) is 32.2 Å². The Morgan fingerprint density at radius 1 is 1.00 bits per heavy atom. The van der Waals surface area contributed by atoms with Gasteiger partial charge in [-0.25, -0.2) is 9.97 Å². The quantitative estimate of drug-likeness (QED) is 0.894. The summed E-state index contributed by atoms with van der Waals surface area (Å²) >= 11 is 0. The third-order valence-corrected chi connectivity index (χ3v) is 3.45. The smallest absolute Gasteiger partial charge is 0.147 e. The molecule has 0 radical (unpaired) electrons. The number of nitrogens with one attached hydrogen (secondary N) is 1. The van der Waals surface area contributed by atoms with Crippen LogP contribution in [0.5, 0.6) is 0 Å². The number of anilines is 1. The molecule has 1 aromatic heterocycles. The standard InChI is InChI=1S/C15H17N3/c1-2-7-13-12(5-1)6-3-8-14(13)18-11-15-16-9-4-10-17-15/h3-4,6,8-10,18H,1-2,5,7,11H2. The molecule has 92 valence electrons. The number of aryl methyl sites for hydroxylation is 1. The first-order valence-electron chi connectivity index (χ1n) is 6.54. The highest BCUT2D eigenvalue weighted by atomic mass is 15.0. The summed E-state index contributed by atoms with van der Waals surface area (Å²) in [7, 11) is 0. The van der Waals surface area contributed by atoms with Gasteiger partial charge in [0.2, 0.25) is 0 Å². The highest BCUT2D eigenvalue weighted by Crippen LogP contribution is 2.27. The first-order chi connectivity index (χ1) is 8.93. The van der Waals surface area contributed by atoms with Crippen LogP contribution in [-0.4, -0.2) is 9.97 Å². The van der Waals surface area contributed by atoms with Crippen molar-refractivity contribution in [3.8, 4) is 0 Å². The maximum Gasteiger partial charge on any atom is 0.147 e. The Bertz CT molecular complexity index is 523. The van der Waals surface area contributed by atoms with E-state index < -0.39 is 0 Å². The second kappa shape index (κ2) is 5.17. The van der Waals surface area contributed by atoms with E-state index in [0.717, 1.165) is 5.82 Å². The number of aromatic nitrogens is 2. The number of benzene rings is 1. The highest BCUT2D eigenvalue weighted by Gasteiger charge is 2.12. The summed E-state index contributed by atoms with van der Waals surface area (Å²) in [5.41, 5.74) is 4.24. The molecule has 1 aliphatic carbocycles. The Morgan fingerprint density at radius 2 is 1.83 bits per heavy atom. The van der Waals surface area contributed by atoms with Crippen LogP contribution >= 0.6 is 0 Å². The van der Waals surface area contributed by atoms with E-state index in [1.165, 1.54) is 42.5 Å². The second-order valence-corrected chi connectivity index (χ2v) is 4.67. The Kier molecular flexibility index (Phi) is 3.22. The van der Waals surface area contributed by atoms with Gasteiger partial charge in [0.25, 0.3) is 0 Å². The van der Waals surface area contributed by atoms with Gasteiger partial charge in [-0.3, -0.25) is 0 Å². The number of hydrogen-bond donors (Lipinski definition) is 1. The lowest BCUT2D eigenvalue weighted by atomic mass is 9.90. The molecule has 0 atom stereocenters. The minimum Gasteiger partial charge on any atom is -0.378 e. The largest absolute Gasteiger partial charge is 0.378 e. The topological polar surface area (TPSA) is 37.8 Å². The summed E-state index contributed by atoms with van der Waals surface area (Å²) in [6.45, 7) is 0.692. The Balaban J connectivity index is 1.77. The number of rotatable bonds is 3. The summed E-state index contributed by atoms with van der Waals surface area (Å²) in [6, 6.07) is 8.39. The van der Waals surface area contributed by atoms with Gasteiger partial charge >= 0.3 is 0 Å². The number of hydrogen-bond acceptors (Lipinski definition) is 3. The van der Waals surface area contributed by atoms with Crippen LogP contribution in [0.1, 0.15) is 29.8 Å². The third-order valence-electron chi connectivity index (χ3n) is 3.45. The Morgan fingerprint density at radius 3 is 2.72 bits per heavy atom. The summed E-state index contributed by atoms with van der Waals surface area (Å²) in [5, 5.41) is 3.46. The number of nitrogens with zero attached hydrogens (tertiary/aromatic N) is 2. The Hall–Kier alpha value is -1.90. The molecule has 0 amide bonds. The molecule has 0 bridgehead atoms. The van der Waals surface area contributed by atoms with Gasteiger partial charge in [-0.2, -0.15) is 0 Å². The first-order valence-corrected chi connectivity index (χ1v) is 6.54. The predicted molar refractivity (Wildman–Crippen MR) is 72.4 cm³/mol. The zero-order valence-electron chi connectivity index (χ0n) is 10.4. The molecular formula is C15H17N3. The highest BCUT2D eigenvalue weighted by molar-refractivity contribution is 5.55. The maximum atomic E-state index is 4.23. The maximum absolute atomic E-state index is 4.23. The van der Waals surface area contributed by atoms with Crippen LogP contribution in [-0.2, 0) is 19.4 Å². The average molecular weight is 239 g/mol. The van der Waals surface area contributed by atoms with Gasteiger partial charge in [-0.05, 0) is 48.9 Å². The molecule has 3 rings (SSSR count). The third kappa shape index (κ3) is 2.35. The minimum atomic E-state index is 0.692. The molecule has 1 aliphatic rings. The van der Waals surface area contributed by atoms with Crippen molar-refractivity contribution in [1.29, 1.82) is 0 Å². The van der Waals surface area contributed by atoms with Gasteiger partial charge in [-0.1, -0.05) is 12.1 Å². The lowest BCUT2D eigenvalue weighted by molar-refractivity contribution is 0.686. The predicted octanol–water partition coefficient (Wildman–Crippen LogP) is 2.97. The van der Waals surface area contributed by atoms with E-state index in [2.05, 4.69) is 33.5 Å². The molecule has 1 heterocycles. The molecule has 1 aromatic carbocycles. The minimum absolute atomic E-state index is 0.692. The van der Waals surface area contributed by atoms with Crippen molar-refractivity contribution >= 4 is 5.69 Å². The van der Waals surface area contributed by atoms with Crippen LogP contribution in [0.4, 0.5) is 5.69 Å². The van der Waals surface area contributed by atoms with Gasteiger partial charge in [-0.15, -0.1) is 0 Å². The first kappa shape index (κ1) is 11.2. The van der Waals surface area contributed by atoms with Gasteiger partial charge < -0.3 is 5.32 Å². The van der Waals surface area contributed by atoms with Crippen molar-refractivity contribution < 1.29 is 0 Å². The molecule has 0 saturated heterocycles. The lowest BCUT2D eigenvalue weighted by Gasteiger charge is -2.19. The summed E-state index contributed by atoms with van der Waals surface area (Å²) in [4.78, 5) is 8.46. The summed E-state index contributed by atoms with van der Waals surface area (Å²) in [6.07, 6.45) is 8.58. The summed E-state index contributed by atoms with van der Waals surface area (Å²) in [5.74, 6) is 0.839. The molecule has 0 unspecified atom stereocenters. The monoisotopic (exact) mass is 239 g/mol. The molecule has 0 saturated carbocycles. The van der Waals surface area contributed by atoms with Crippen LogP contribution < -0.4 is 5.32 Å². The van der Waals surface area contributed by atoms with Gasteiger partial charge in [0, 0.05) is 18.1 Å². The van der Waals surface area contributed by atoms with E-state index in [0.29, 0.717) is 6.54 Å². The molecule has 1 N–H and O–H groups in total. The van der Waals surface area contributed by atoms with Crippen molar-refractivity contribution in [3.05, 3.63) is 53.6 Å². The van der Waals surface area contributed by atoms with E-state index in [1.807, 2.05) is 6.07 Å². The molecule has 2 aromatic rings. The molecule has 0 fully saturated rings. The van der Waals surface area contributed by atoms with Crippen LogP contribution in [0.3, 0.4) is 0 Å². The van der Waals surface area contributed by atoms with E-state index >= 15 is 0 Å². The molecule has 3 nitrogen and oxygen atoms in total. The van der Waals surface area contributed by atoms with Gasteiger partial charge in [0.1, 0.15) is 5.82 Å². The zero-order chi connectivity index (χ0) is 12.2. The number of fused-ring (bicyclic) bond motifs is 1. The van der Waals surface area contributed by atoms with Crippen molar-refractivity contribution in [2.24, 2.45) is 0 Å². The zero-order valence-corrected chi connectivity index (χ0v) is 10.4. The van der Waals surface area contributed by atoms with Crippen LogP contribution in [0.25, 0.3) is 0 Å². The van der Waals surface area contributed by atoms with Crippen LogP contribution in [0, 0.1) is 0 Å². The van der Waals surface area contributed by atoms with Crippen molar-refractivity contribution in [3.63, 3.8) is 0 Å². The van der Waals surface area contributed by atoms with E-state index in [9.17, 15) is 0 Å². The summed E-state index contributed by atoms with van der Waals surface area (Å²) < 4.78 is 0. The van der Waals surface area contributed by atoms with E-state index in [-0.39, 0.29) is 0 Å². The molecular weight excluding hydrogens is 222 g/mol. The fourth-order valence-corrected chi connectivity index (χ4v) is 2.54. The van der Waals surface area contributed by atoms with Crippen molar-refractivity contribution in [2.75, 3.05) is 5.32 Å². The second-order valence-electron chi connectivity index (χ2n) is 4.67. The van der Waals surface area contributed by atoms with Gasteiger partial charge in [0.05, 0.1) is 6.54 Å². The fourth-order valence-electron chi connectivity index (χ4n) is 2.54. The molecule has 3 heteroatoms. The van der Waals surface area contributed by atoms with E-state index in [4.69, 9.17) is 0 Å². The molecule has 0 aliphatic heterocycles. The van der Waals surface area contributed by atoms with Crippen molar-refractivity contribution in [1.82, 2.24) is 9.97 Å². The average Bonchev–Trinajstić information content (AvgIpc) is 2.46. The van der Waals surface area contributed by atoms with Crippen LogP contribution in [0.2, 0.25) is 0 Å². The Labute approximate surface area is 107 Å². The SMILES string of the molecule is c1cnc(CNc2cccc3c2CCCC3)nc1. The lowest BCUT2D eigenvalue weighted by Crippen LogP contribution is -2.09. The molecule has 0 spiro atoms. The normalized spacial score (nSPS) is 14.0. The molecule has 18 heavy (non-hydrogen) atoms. The van der Waals surface area contributed by atoms with Gasteiger partial charge in [0.15, 0.2) is 0 Å². The fraction of sp³-hybridized carbons (Fsp3) is 0.333. The van der Waals surface area contributed by atoms with Crippen LogP contribution in [0.15, 0.2) is 36.7 Å².